The molecule has 0 bridgehead atoms. The quantitative estimate of drug-likeness (QED) is 0.333. The Hall–Kier alpha value is -3.72. The zero-order valence-electron chi connectivity index (χ0n) is 21.8. The first-order valence-electron chi connectivity index (χ1n) is 11.7. The summed E-state index contributed by atoms with van der Waals surface area (Å²) in [7, 11) is 0. The maximum atomic E-state index is 12.5. The number of rotatable bonds is 6. The number of anilines is 2. The molecular weight excluding hydrogens is 440 g/mol. The standard InChI is InChI=1S/C29H36N2O4/c1-9-21-31(27(33)35-29(6,7)8)25-19-15-23(16-20-25)12-11-22-13-17-24(18-14-22)30(10-2)26(32)34-28(3,4)5/h1,11-20H,10,21H2,2-8H3/b12-11+. The zero-order chi connectivity index (χ0) is 26.2. The molecule has 0 atom stereocenters. The van der Waals surface area contributed by atoms with Crippen LogP contribution in [0.4, 0.5) is 21.0 Å². The van der Waals surface area contributed by atoms with E-state index in [2.05, 4.69) is 5.92 Å². The third kappa shape index (κ3) is 8.86. The number of nitrogens with zero attached hydrogens (tertiary/aromatic N) is 2. The number of hydrogen-bond donors (Lipinski definition) is 0. The van der Waals surface area contributed by atoms with Gasteiger partial charge in [0.25, 0.3) is 0 Å². The molecule has 2 amide bonds. The van der Waals surface area contributed by atoms with Gasteiger partial charge in [-0.05, 0) is 83.9 Å². The van der Waals surface area contributed by atoms with Gasteiger partial charge in [-0.2, -0.15) is 0 Å². The lowest BCUT2D eigenvalue weighted by Gasteiger charge is -2.26. The predicted octanol–water partition coefficient (Wildman–Crippen LogP) is 6.99. The lowest BCUT2D eigenvalue weighted by atomic mass is 10.1. The Morgan fingerprint density at radius 3 is 1.49 bits per heavy atom. The van der Waals surface area contributed by atoms with Crippen LogP contribution in [0.1, 0.15) is 59.6 Å². The Morgan fingerprint density at radius 1 is 0.771 bits per heavy atom. The van der Waals surface area contributed by atoms with Gasteiger partial charge in [-0.1, -0.05) is 42.3 Å². The molecule has 0 aliphatic rings. The van der Waals surface area contributed by atoms with Crippen molar-refractivity contribution in [3.63, 3.8) is 0 Å². The topological polar surface area (TPSA) is 59.1 Å². The minimum Gasteiger partial charge on any atom is -0.443 e. The molecule has 0 saturated carbocycles. The van der Waals surface area contributed by atoms with Crippen molar-refractivity contribution >= 4 is 35.7 Å². The maximum Gasteiger partial charge on any atom is 0.415 e. The Labute approximate surface area is 209 Å². The highest BCUT2D eigenvalue weighted by Crippen LogP contribution is 2.22. The molecule has 0 radical (unpaired) electrons. The normalized spacial score (nSPS) is 11.6. The number of benzene rings is 2. The SMILES string of the molecule is C#CCN(C(=O)OC(C)(C)C)c1ccc(/C=C/c2ccc(N(CC)C(=O)OC(C)(C)C)cc2)cc1. The van der Waals surface area contributed by atoms with Crippen LogP contribution in [-0.4, -0.2) is 36.5 Å². The van der Waals surface area contributed by atoms with E-state index in [-0.39, 0.29) is 12.6 Å². The van der Waals surface area contributed by atoms with Crippen LogP contribution in [0.25, 0.3) is 12.2 Å². The molecule has 6 nitrogen and oxygen atoms in total. The van der Waals surface area contributed by atoms with Crippen molar-refractivity contribution in [1.29, 1.82) is 0 Å². The molecule has 0 unspecified atom stereocenters. The highest BCUT2D eigenvalue weighted by atomic mass is 16.6. The molecule has 2 aromatic rings. The average Bonchev–Trinajstić information content (AvgIpc) is 2.75. The van der Waals surface area contributed by atoms with Crippen LogP contribution in [0.15, 0.2) is 48.5 Å². The van der Waals surface area contributed by atoms with Crippen molar-refractivity contribution in [2.24, 2.45) is 0 Å². The summed E-state index contributed by atoms with van der Waals surface area (Å²) in [6.07, 6.45) is 8.56. The Balaban J connectivity index is 2.11. The van der Waals surface area contributed by atoms with Gasteiger partial charge < -0.3 is 9.47 Å². The summed E-state index contributed by atoms with van der Waals surface area (Å²) in [5.41, 5.74) is 2.24. The summed E-state index contributed by atoms with van der Waals surface area (Å²) >= 11 is 0. The van der Waals surface area contributed by atoms with Crippen LogP contribution < -0.4 is 9.80 Å². The predicted molar refractivity (Wildman–Crippen MR) is 143 cm³/mol. The minimum atomic E-state index is -0.608. The molecule has 0 saturated heterocycles. The first-order valence-corrected chi connectivity index (χ1v) is 11.7. The van der Waals surface area contributed by atoms with E-state index in [9.17, 15) is 9.59 Å². The van der Waals surface area contributed by atoms with E-state index in [4.69, 9.17) is 15.9 Å². The fourth-order valence-electron chi connectivity index (χ4n) is 3.13. The molecule has 0 aromatic heterocycles. The van der Waals surface area contributed by atoms with Crippen LogP contribution in [0.3, 0.4) is 0 Å². The average molecular weight is 477 g/mol. The molecule has 0 spiro atoms. The van der Waals surface area contributed by atoms with E-state index >= 15 is 0 Å². The lowest BCUT2D eigenvalue weighted by Crippen LogP contribution is -2.37. The molecular formula is C29H36N2O4. The fraction of sp³-hybridized carbons (Fsp3) is 0.379. The van der Waals surface area contributed by atoms with Crippen molar-refractivity contribution in [3.05, 3.63) is 59.7 Å². The van der Waals surface area contributed by atoms with Gasteiger partial charge in [-0.25, -0.2) is 9.59 Å². The number of hydrogen-bond acceptors (Lipinski definition) is 4. The summed E-state index contributed by atoms with van der Waals surface area (Å²) in [6.45, 7) is 13.5. The van der Waals surface area contributed by atoms with Crippen LogP contribution in [0.2, 0.25) is 0 Å². The zero-order valence-corrected chi connectivity index (χ0v) is 21.8. The van der Waals surface area contributed by atoms with Crippen molar-refractivity contribution < 1.29 is 19.1 Å². The van der Waals surface area contributed by atoms with E-state index in [0.717, 1.165) is 16.8 Å². The lowest BCUT2D eigenvalue weighted by molar-refractivity contribution is 0.0572. The van der Waals surface area contributed by atoms with E-state index in [1.807, 2.05) is 109 Å². The number of terminal acetylenes is 1. The number of ether oxygens (including phenoxy) is 2. The van der Waals surface area contributed by atoms with Crippen LogP contribution in [0.5, 0.6) is 0 Å². The summed E-state index contributed by atoms with van der Waals surface area (Å²) in [5.74, 6) is 2.51. The van der Waals surface area contributed by atoms with E-state index < -0.39 is 17.3 Å². The largest absolute Gasteiger partial charge is 0.443 e. The first-order chi connectivity index (χ1) is 16.3. The number of carbonyl (C=O) groups excluding carboxylic acids is 2. The summed E-state index contributed by atoms with van der Waals surface area (Å²) in [5, 5.41) is 0. The highest BCUT2D eigenvalue weighted by molar-refractivity contribution is 5.89. The maximum absolute atomic E-state index is 12.5. The summed E-state index contributed by atoms with van der Waals surface area (Å²) in [6, 6.07) is 15.2. The highest BCUT2D eigenvalue weighted by Gasteiger charge is 2.23. The Bertz CT molecular complexity index is 1070. The van der Waals surface area contributed by atoms with Crippen molar-refractivity contribution in [3.8, 4) is 12.3 Å². The van der Waals surface area contributed by atoms with Crippen molar-refractivity contribution in [2.45, 2.75) is 59.7 Å². The summed E-state index contributed by atoms with van der Waals surface area (Å²) in [4.78, 5) is 28.0. The van der Waals surface area contributed by atoms with Crippen molar-refractivity contribution in [2.75, 3.05) is 22.9 Å². The molecule has 0 N–H and O–H groups in total. The van der Waals surface area contributed by atoms with Crippen molar-refractivity contribution in [1.82, 2.24) is 0 Å². The second-order valence-electron chi connectivity index (χ2n) is 10.0. The molecule has 6 heteroatoms. The third-order valence-corrected chi connectivity index (χ3v) is 4.67. The van der Waals surface area contributed by atoms with Gasteiger partial charge in [0.2, 0.25) is 0 Å². The fourth-order valence-corrected chi connectivity index (χ4v) is 3.13. The molecule has 186 valence electrons. The van der Waals surface area contributed by atoms with Gasteiger partial charge in [0.05, 0.1) is 6.54 Å². The van der Waals surface area contributed by atoms with Gasteiger partial charge >= 0.3 is 12.2 Å². The molecule has 0 heterocycles. The minimum absolute atomic E-state index is 0.120. The van der Waals surface area contributed by atoms with Gasteiger partial charge in [0.1, 0.15) is 11.2 Å². The first kappa shape index (κ1) is 27.5. The third-order valence-electron chi connectivity index (χ3n) is 4.67. The monoisotopic (exact) mass is 476 g/mol. The molecule has 0 fully saturated rings. The Kier molecular flexibility index (Phi) is 9.13. The molecule has 2 aromatic carbocycles. The van der Waals surface area contributed by atoms with Gasteiger partial charge in [0.15, 0.2) is 0 Å². The smallest absolute Gasteiger partial charge is 0.415 e. The second-order valence-corrected chi connectivity index (χ2v) is 10.0. The van der Waals surface area contributed by atoms with E-state index in [1.165, 1.54) is 4.90 Å². The number of carbonyl (C=O) groups is 2. The molecule has 0 aliphatic heterocycles. The van der Waals surface area contributed by atoms with E-state index in [0.29, 0.717) is 12.2 Å². The Morgan fingerprint density at radius 2 is 1.14 bits per heavy atom. The molecule has 0 aliphatic carbocycles. The molecule has 35 heavy (non-hydrogen) atoms. The summed E-state index contributed by atoms with van der Waals surface area (Å²) < 4.78 is 11.0. The van der Waals surface area contributed by atoms with Gasteiger partial charge in [0, 0.05) is 17.9 Å². The molecule has 2 rings (SSSR count). The van der Waals surface area contributed by atoms with Crippen LogP contribution >= 0.6 is 0 Å². The van der Waals surface area contributed by atoms with Crippen LogP contribution in [0, 0.1) is 12.3 Å². The van der Waals surface area contributed by atoms with E-state index in [1.54, 1.807) is 4.90 Å². The van der Waals surface area contributed by atoms with Gasteiger partial charge in [-0.15, -0.1) is 6.42 Å². The van der Waals surface area contributed by atoms with Gasteiger partial charge in [-0.3, -0.25) is 9.80 Å². The van der Waals surface area contributed by atoms with Crippen LogP contribution in [-0.2, 0) is 9.47 Å². The second kappa shape index (κ2) is 11.6. The number of amides is 2.